The van der Waals surface area contributed by atoms with Crippen LogP contribution >= 0.6 is 27.5 Å². The Bertz CT molecular complexity index is 540. The normalized spacial score (nSPS) is 10.4. The van der Waals surface area contributed by atoms with Gasteiger partial charge in [0.2, 0.25) is 0 Å². The van der Waals surface area contributed by atoms with Crippen molar-refractivity contribution in [2.75, 3.05) is 5.32 Å². The summed E-state index contributed by atoms with van der Waals surface area (Å²) in [5, 5.41) is 2.79. The first-order chi connectivity index (χ1) is 8.06. The molecule has 0 saturated heterocycles. The van der Waals surface area contributed by atoms with Gasteiger partial charge in [-0.3, -0.25) is 0 Å². The fourth-order valence-electron chi connectivity index (χ4n) is 1.27. The van der Waals surface area contributed by atoms with Crippen molar-refractivity contribution < 1.29 is 8.78 Å². The van der Waals surface area contributed by atoms with Crippen LogP contribution < -0.4 is 5.32 Å². The summed E-state index contributed by atoms with van der Waals surface area (Å²) in [6.45, 7) is 0. The quantitative estimate of drug-likeness (QED) is 0.823. The van der Waals surface area contributed by atoms with E-state index < -0.39 is 11.6 Å². The van der Waals surface area contributed by atoms with E-state index >= 15 is 0 Å². The highest BCUT2D eigenvalue weighted by molar-refractivity contribution is 9.10. The molecule has 2 nitrogen and oxygen atoms in total. The van der Waals surface area contributed by atoms with Gasteiger partial charge < -0.3 is 5.32 Å². The molecule has 0 radical (unpaired) electrons. The van der Waals surface area contributed by atoms with E-state index in [2.05, 4.69) is 26.2 Å². The van der Waals surface area contributed by atoms with Gasteiger partial charge in [-0.25, -0.2) is 13.8 Å². The van der Waals surface area contributed by atoms with Crippen molar-refractivity contribution in [2.45, 2.75) is 0 Å². The molecule has 17 heavy (non-hydrogen) atoms. The van der Waals surface area contributed by atoms with Crippen LogP contribution in [-0.2, 0) is 0 Å². The molecule has 0 fully saturated rings. The molecular formula is C11H6BrClF2N2. The zero-order valence-electron chi connectivity index (χ0n) is 8.35. The zero-order valence-corrected chi connectivity index (χ0v) is 10.7. The Kier molecular flexibility index (Phi) is 3.59. The third-order valence-electron chi connectivity index (χ3n) is 1.98. The highest BCUT2D eigenvalue weighted by Gasteiger charge is 2.11. The van der Waals surface area contributed by atoms with Crippen LogP contribution in [-0.4, -0.2) is 4.98 Å². The SMILES string of the molecule is Fc1cc(Br)cc(F)c1Nc1cccc(Cl)n1. The van der Waals surface area contributed by atoms with Crippen LogP contribution in [0.25, 0.3) is 0 Å². The standard InChI is InChI=1S/C11H6BrClF2N2/c12-6-4-7(14)11(8(15)5-6)17-10-3-1-2-9(13)16-10/h1-5H,(H,16,17). The first-order valence-electron chi connectivity index (χ1n) is 4.60. The Hall–Kier alpha value is -1.20. The molecule has 1 aromatic carbocycles. The maximum absolute atomic E-state index is 13.5. The van der Waals surface area contributed by atoms with Crippen molar-refractivity contribution in [3.05, 3.63) is 51.6 Å². The predicted octanol–water partition coefficient (Wildman–Crippen LogP) is 4.52. The topological polar surface area (TPSA) is 24.9 Å². The minimum absolute atomic E-state index is 0.243. The van der Waals surface area contributed by atoms with Crippen LogP contribution in [0.1, 0.15) is 0 Å². The largest absolute Gasteiger partial charge is 0.335 e. The first-order valence-corrected chi connectivity index (χ1v) is 5.77. The smallest absolute Gasteiger partial charge is 0.150 e. The molecule has 0 saturated carbocycles. The van der Waals surface area contributed by atoms with Gasteiger partial charge in [-0.15, -0.1) is 0 Å². The maximum atomic E-state index is 13.5. The Morgan fingerprint density at radius 1 is 1.18 bits per heavy atom. The molecule has 88 valence electrons. The van der Waals surface area contributed by atoms with E-state index in [4.69, 9.17) is 11.6 Å². The van der Waals surface area contributed by atoms with E-state index in [-0.39, 0.29) is 16.7 Å². The maximum Gasteiger partial charge on any atom is 0.150 e. The Labute approximate surface area is 110 Å². The van der Waals surface area contributed by atoms with Crippen LogP contribution in [0, 0.1) is 11.6 Å². The number of benzene rings is 1. The van der Waals surface area contributed by atoms with Crippen LogP contribution in [0.3, 0.4) is 0 Å². The summed E-state index contributed by atoms with van der Waals surface area (Å²) in [7, 11) is 0. The monoisotopic (exact) mass is 318 g/mol. The van der Waals surface area contributed by atoms with Gasteiger partial charge in [-0.2, -0.15) is 0 Å². The van der Waals surface area contributed by atoms with Gasteiger partial charge in [0.1, 0.15) is 16.7 Å². The number of halogens is 4. The predicted molar refractivity (Wildman–Crippen MR) is 66.6 cm³/mol. The van der Waals surface area contributed by atoms with Gasteiger partial charge in [0.25, 0.3) is 0 Å². The van der Waals surface area contributed by atoms with Crippen molar-refractivity contribution in [3.8, 4) is 0 Å². The molecule has 1 heterocycles. The summed E-state index contributed by atoms with van der Waals surface area (Å²) >= 11 is 8.67. The number of nitrogens with zero attached hydrogens (tertiary/aromatic N) is 1. The minimum atomic E-state index is -0.710. The number of anilines is 2. The van der Waals surface area contributed by atoms with Crippen LogP contribution in [0.4, 0.5) is 20.3 Å². The Morgan fingerprint density at radius 2 is 1.82 bits per heavy atom. The fraction of sp³-hybridized carbons (Fsp3) is 0. The summed E-state index contributed by atoms with van der Waals surface area (Å²) in [5.41, 5.74) is -0.261. The van der Waals surface area contributed by atoms with Crippen LogP contribution in [0.2, 0.25) is 5.15 Å². The number of hydrogen-bond acceptors (Lipinski definition) is 2. The molecular weight excluding hydrogens is 313 g/mol. The molecule has 2 aromatic rings. The minimum Gasteiger partial charge on any atom is -0.335 e. The highest BCUT2D eigenvalue weighted by atomic mass is 79.9. The van der Waals surface area contributed by atoms with Crippen molar-refractivity contribution in [1.82, 2.24) is 4.98 Å². The van der Waals surface area contributed by atoms with E-state index in [0.717, 1.165) is 12.1 Å². The van der Waals surface area contributed by atoms with E-state index in [0.29, 0.717) is 4.47 Å². The van der Waals surface area contributed by atoms with Crippen molar-refractivity contribution in [2.24, 2.45) is 0 Å². The lowest BCUT2D eigenvalue weighted by atomic mass is 10.3. The van der Waals surface area contributed by atoms with Crippen molar-refractivity contribution in [3.63, 3.8) is 0 Å². The molecule has 0 unspecified atom stereocenters. The summed E-state index contributed by atoms with van der Waals surface area (Å²) in [6, 6.07) is 7.09. The fourth-order valence-corrected chi connectivity index (χ4v) is 1.83. The summed E-state index contributed by atoms with van der Waals surface area (Å²) < 4.78 is 27.3. The van der Waals surface area contributed by atoms with Gasteiger partial charge >= 0.3 is 0 Å². The molecule has 0 aliphatic carbocycles. The third kappa shape index (κ3) is 2.92. The summed E-state index contributed by atoms with van der Waals surface area (Å²) in [4.78, 5) is 3.88. The number of hydrogen-bond donors (Lipinski definition) is 1. The van der Waals surface area contributed by atoms with Gasteiger partial charge in [-0.05, 0) is 24.3 Å². The molecule has 0 atom stereocenters. The lowest BCUT2D eigenvalue weighted by Crippen LogP contribution is -1.99. The first kappa shape index (κ1) is 12.3. The molecule has 0 amide bonds. The van der Waals surface area contributed by atoms with E-state index in [1.165, 1.54) is 0 Å². The second-order valence-electron chi connectivity index (χ2n) is 3.21. The van der Waals surface area contributed by atoms with E-state index in [1.54, 1.807) is 18.2 Å². The molecule has 0 spiro atoms. The van der Waals surface area contributed by atoms with Crippen LogP contribution in [0.5, 0.6) is 0 Å². The highest BCUT2D eigenvalue weighted by Crippen LogP contribution is 2.26. The van der Waals surface area contributed by atoms with Crippen molar-refractivity contribution in [1.29, 1.82) is 0 Å². The zero-order chi connectivity index (χ0) is 12.4. The molecule has 6 heteroatoms. The van der Waals surface area contributed by atoms with E-state index in [9.17, 15) is 8.78 Å². The number of rotatable bonds is 2. The second-order valence-corrected chi connectivity index (χ2v) is 4.52. The van der Waals surface area contributed by atoms with Crippen LogP contribution in [0.15, 0.2) is 34.8 Å². The molecule has 0 bridgehead atoms. The Morgan fingerprint density at radius 3 is 2.41 bits per heavy atom. The summed E-state index contributed by atoms with van der Waals surface area (Å²) in [5.74, 6) is -1.14. The average molecular weight is 320 g/mol. The summed E-state index contributed by atoms with van der Waals surface area (Å²) in [6.07, 6.45) is 0. The van der Waals surface area contributed by atoms with Crippen molar-refractivity contribution >= 4 is 39.0 Å². The number of aromatic nitrogens is 1. The van der Waals surface area contributed by atoms with Gasteiger partial charge in [0.05, 0.1) is 0 Å². The lowest BCUT2D eigenvalue weighted by Gasteiger charge is -2.08. The molecule has 2 rings (SSSR count). The van der Waals surface area contributed by atoms with Gasteiger partial charge in [0, 0.05) is 4.47 Å². The Balaban J connectivity index is 2.36. The molecule has 0 aliphatic heterocycles. The van der Waals surface area contributed by atoms with E-state index in [1.807, 2.05) is 0 Å². The second kappa shape index (κ2) is 4.98. The number of pyridine rings is 1. The van der Waals surface area contributed by atoms with Gasteiger partial charge in [-0.1, -0.05) is 33.6 Å². The third-order valence-corrected chi connectivity index (χ3v) is 2.64. The molecule has 0 aliphatic rings. The molecule has 1 N–H and O–H groups in total. The molecule has 1 aromatic heterocycles. The van der Waals surface area contributed by atoms with Gasteiger partial charge in [0.15, 0.2) is 11.6 Å². The average Bonchev–Trinajstić information content (AvgIpc) is 2.23. The lowest BCUT2D eigenvalue weighted by molar-refractivity contribution is 0.589. The number of nitrogens with one attached hydrogen (secondary N) is 1.